The Labute approximate surface area is 126 Å². The van der Waals surface area contributed by atoms with Gasteiger partial charge in [-0.2, -0.15) is 0 Å². The summed E-state index contributed by atoms with van der Waals surface area (Å²) in [5.74, 6) is 1.28. The van der Waals surface area contributed by atoms with Crippen LogP contribution in [0.25, 0.3) is 0 Å². The molecule has 21 heavy (non-hydrogen) atoms. The van der Waals surface area contributed by atoms with E-state index in [0.717, 1.165) is 24.3 Å². The van der Waals surface area contributed by atoms with Gasteiger partial charge in [0, 0.05) is 12.0 Å². The van der Waals surface area contributed by atoms with Crippen LogP contribution in [0, 0.1) is 5.92 Å². The van der Waals surface area contributed by atoms with Crippen molar-refractivity contribution in [2.45, 2.75) is 63.8 Å². The zero-order chi connectivity index (χ0) is 14.5. The van der Waals surface area contributed by atoms with Gasteiger partial charge >= 0.3 is 0 Å². The topological polar surface area (TPSA) is 54.0 Å². The average molecular weight is 287 g/mol. The van der Waals surface area contributed by atoms with E-state index < -0.39 is 0 Å². The summed E-state index contributed by atoms with van der Waals surface area (Å²) in [6.45, 7) is 0. The summed E-state index contributed by atoms with van der Waals surface area (Å²) in [7, 11) is 0. The van der Waals surface area contributed by atoms with Crippen molar-refractivity contribution in [2.75, 3.05) is 10.6 Å². The number of anilines is 2. The second kappa shape index (κ2) is 6.92. The van der Waals surface area contributed by atoms with Crippen LogP contribution in [0.1, 0.15) is 57.8 Å². The van der Waals surface area contributed by atoms with Crippen LogP contribution in [-0.2, 0) is 4.79 Å². The molecule has 1 aromatic rings. The first-order valence-electron chi connectivity index (χ1n) is 8.35. The van der Waals surface area contributed by atoms with Gasteiger partial charge in [0.2, 0.25) is 5.91 Å². The molecule has 2 aliphatic carbocycles. The molecule has 0 saturated heterocycles. The molecule has 0 bridgehead atoms. The lowest BCUT2D eigenvalue weighted by Crippen LogP contribution is -2.28. The molecular weight excluding hydrogens is 262 g/mol. The third-order valence-corrected chi connectivity index (χ3v) is 4.71. The zero-order valence-electron chi connectivity index (χ0n) is 12.6. The molecule has 1 aromatic heterocycles. The van der Waals surface area contributed by atoms with E-state index in [0.29, 0.717) is 6.04 Å². The normalized spacial score (nSPS) is 20.4. The summed E-state index contributed by atoms with van der Waals surface area (Å²) in [5.41, 5.74) is 0.804. The molecule has 2 saturated carbocycles. The lowest BCUT2D eigenvalue weighted by Gasteiger charge is -2.24. The van der Waals surface area contributed by atoms with E-state index in [9.17, 15) is 4.79 Å². The average Bonchev–Trinajstić information content (AvgIpc) is 2.67. The summed E-state index contributed by atoms with van der Waals surface area (Å²) in [5, 5.41) is 6.48. The van der Waals surface area contributed by atoms with Crippen molar-refractivity contribution < 1.29 is 4.79 Å². The number of carbonyl (C=O) groups excluding carboxylic acids is 1. The summed E-state index contributed by atoms with van der Waals surface area (Å²) in [6, 6.07) is 4.47. The summed E-state index contributed by atoms with van der Waals surface area (Å²) >= 11 is 0. The molecule has 1 amide bonds. The Morgan fingerprint density at radius 2 is 1.76 bits per heavy atom. The molecule has 4 nitrogen and oxygen atoms in total. The molecule has 0 radical (unpaired) electrons. The van der Waals surface area contributed by atoms with Crippen LogP contribution in [0.5, 0.6) is 0 Å². The van der Waals surface area contributed by atoms with E-state index >= 15 is 0 Å². The fourth-order valence-corrected chi connectivity index (χ4v) is 3.10. The van der Waals surface area contributed by atoms with E-state index in [1.54, 1.807) is 6.20 Å². The van der Waals surface area contributed by atoms with Crippen LogP contribution in [0.4, 0.5) is 11.5 Å². The monoisotopic (exact) mass is 287 g/mol. The smallest absolute Gasteiger partial charge is 0.227 e. The molecule has 0 spiro atoms. The lowest BCUT2D eigenvalue weighted by atomic mass is 9.85. The van der Waals surface area contributed by atoms with Gasteiger partial charge in [-0.15, -0.1) is 0 Å². The summed E-state index contributed by atoms with van der Waals surface area (Å²) < 4.78 is 0. The van der Waals surface area contributed by atoms with Crippen LogP contribution < -0.4 is 10.6 Å². The maximum Gasteiger partial charge on any atom is 0.227 e. The Bertz CT molecular complexity index is 459. The van der Waals surface area contributed by atoms with Crippen molar-refractivity contribution in [3.05, 3.63) is 18.3 Å². The summed E-state index contributed by atoms with van der Waals surface area (Å²) in [6.07, 6.45) is 12.8. The fraction of sp³-hybridized carbons (Fsp3) is 0.647. The number of nitrogens with one attached hydrogen (secondary N) is 2. The van der Waals surface area contributed by atoms with Crippen molar-refractivity contribution in [3.8, 4) is 0 Å². The van der Waals surface area contributed by atoms with Gasteiger partial charge in [-0.1, -0.05) is 32.1 Å². The molecular formula is C17H25N3O. The van der Waals surface area contributed by atoms with Crippen LogP contribution in [0.3, 0.4) is 0 Å². The molecule has 2 fully saturated rings. The fourth-order valence-electron chi connectivity index (χ4n) is 3.10. The highest BCUT2D eigenvalue weighted by molar-refractivity contribution is 5.92. The molecule has 3 rings (SSSR count). The lowest BCUT2D eigenvalue weighted by molar-refractivity contribution is -0.122. The second-order valence-electron chi connectivity index (χ2n) is 6.38. The predicted molar refractivity (Wildman–Crippen MR) is 85.3 cm³/mol. The standard InChI is InChI=1S/C17H25N3O/c21-17(13-6-5-7-13)20-15-10-11-16(18-12-15)19-14-8-3-1-2-4-9-14/h10-14H,1-9H2,(H,18,19)(H,20,21). The van der Waals surface area contributed by atoms with Gasteiger partial charge in [0.15, 0.2) is 0 Å². The van der Waals surface area contributed by atoms with Crippen LogP contribution in [0.2, 0.25) is 0 Å². The maximum absolute atomic E-state index is 11.9. The van der Waals surface area contributed by atoms with Gasteiger partial charge < -0.3 is 10.6 Å². The molecule has 1 heterocycles. The quantitative estimate of drug-likeness (QED) is 0.824. The van der Waals surface area contributed by atoms with Crippen molar-refractivity contribution >= 4 is 17.4 Å². The van der Waals surface area contributed by atoms with Crippen LogP contribution in [0.15, 0.2) is 18.3 Å². The van der Waals surface area contributed by atoms with Crippen molar-refractivity contribution in [3.63, 3.8) is 0 Å². The van der Waals surface area contributed by atoms with Gasteiger partial charge in [0.25, 0.3) is 0 Å². The zero-order valence-corrected chi connectivity index (χ0v) is 12.6. The first-order chi connectivity index (χ1) is 10.3. The molecule has 0 aliphatic heterocycles. The number of pyridine rings is 1. The molecule has 4 heteroatoms. The van der Waals surface area contributed by atoms with Crippen molar-refractivity contribution in [1.29, 1.82) is 0 Å². The minimum absolute atomic E-state index is 0.146. The molecule has 2 aliphatic rings. The number of hydrogen-bond donors (Lipinski definition) is 2. The van der Waals surface area contributed by atoms with E-state index in [-0.39, 0.29) is 11.8 Å². The number of rotatable bonds is 4. The van der Waals surface area contributed by atoms with Gasteiger partial charge in [-0.05, 0) is 37.8 Å². The van der Waals surface area contributed by atoms with Crippen LogP contribution in [-0.4, -0.2) is 16.9 Å². The third-order valence-electron chi connectivity index (χ3n) is 4.71. The Kier molecular flexibility index (Phi) is 4.73. The van der Waals surface area contributed by atoms with Gasteiger partial charge in [-0.25, -0.2) is 4.98 Å². The predicted octanol–water partition coefficient (Wildman–Crippen LogP) is 3.95. The number of carbonyl (C=O) groups is 1. The van der Waals surface area contributed by atoms with Gasteiger partial charge in [-0.3, -0.25) is 4.79 Å². The first kappa shape index (κ1) is 14.4. The van der Waals surface area contributed by atoms with Crippen molar-refractivity contribution in [2.24, 2.45) is 5.92 Å². The highest BCUT2D eigenvalue weighted by Crippen LogP contribution is 2.27. The molecule has 0 atom stereocenters. The number of hydrogen-bond acceptors (Lipinski definition) is 3. The largest absolute Gasteiger partial charge is 0.367 e. The van der Waals surface area contributed by atoms with Gasteiger partial charge in [0.05, 0.1) is 11.9 Å². The van der Waals surface area contributed by atoms with E-state index in [1.165, 1.54) is 44.9 Å². The number of amides is 1. The molecule has 0 aromatic carbocycles. The minimum atomic E-state index is 0.146. The van der Waals surface area contributed by atoms with E-state index in [1.807, 2.05) is 12.1 Å². The Morgan fingerprint density at radius 1 is 1.00 bits per heavy atom. The molecule has 0 unspecified atom stereocenters. The SMILES string of the molecule is O=C(Nc1ccc(NC2CCCCCC2)nc1)C1CCC1. The number of nitrogens with zero attached hydrogens (tertiary/aromatic N) is 1. The van der Waals surface area contributed by atoms with Crippen molar-refractivity contribution in [1.82, 2.24) is 4.98 Å². The highest BCUT2D eigenvalue weighted by atomic mass is 16.1. The highest BCUT2D eigenvalue weighted by Gasteiger charge is 2.25. The maximum atomic E-state index is 11.9. The third kappa shape index (κ3) is 3.96. The molecule has 114 valence electrons. The second-order valence-corrected chi connectivity index (χ2v) is 6.38. The molecule has 2 N–H and O–H groups in total. The van der Waals surface area contributed by atoms with E-state index in [4.69, 9.17) is 0 Å². The Balaban J connectivity index is 1.52. The minimum Gasteiger partial charge on any atom is -0.367 e. The van der Waals surface area contributed by atoms with Crippen LogP contribution >= 0.6 is 0 Å². The number of aromatic nitrogens is 1. The Hall–Kier alpha value is -1.58. The van der Waals surface area contributed by atoms with E-state index in [2.05, 4.69) is 15.6 Å². The van der Waals surface area contributed by atoms with Gasteiger partial charge in [0.1, 0.15) is 5.82 Å². The Morgan fingerprint density at radius 3 is 2.33 bits per heavy atom. The summed E-state index contributed by atoms with van der Waals surface area (Å²) in [4.78, 5) is 16.3. The first-order valence-corrected chi connectivity index (χ1v) is 8.35.